The van der Waals surface area contributed by atoms with Crippen molar-refractivity contribution in [3.8, 4) is 0 Å². The Morgan fingerprint density at radius 3 is 2.06 bits per heavy atom. The zero-order valence-corrected chi connectivity index (χ0v) is 11.0. The molecule has 4 heteroatoms. The molecule has 1 N–H and O–H groups in total. The van der Waals surface area contributed by atoms with E-state index in [1.807, 2.05) is 13.8 Å². The van der Waals surface area contributed by atoms with Crippen molar-refractivity contribution in [2.24, 2.45) is 0 Å². The van der Waals surface area contributed by atoms with Gasteiger partial charge >= 0.3 is 0 Å². The molecular formula is C14H20F2O2. The van der Waals surface area contributed by atoms with Crippen LogP contribution in [0.15, 0.2) is 18.2 Å². The van der Waals surface area contributed by atoms with E-state index >= 15 is 0 Å². The van der Waals surface area contributed by atoms with Crippen molar-refractivity contribution >= 4 is 0 Å². The van der Waals surface area contributed by atoms with Gasteiger partial charge in [0.1, 0.15) is 17.7 Å². The number of halogens is 2. The first kappa shape index (κ1) is 15.1. The maximum Gasteiger partial charge on any atom is 0.132 e. The minimum Gasteiger partial charge on any atom is -0.385 e. The molecule has 0 saturated heterocycles. The fourth-order valence-corrected chi connectivity index (χ4v) is 2.24. The van der Waals surface area contributed by atoms with Crippen LogP contribution in [0.5, 0.6) is 0 Å². The highest BCUT2D eigenvalue weighted by molar-refractivity contribution is 5.24. The number of ether oxygens (including phenoxy) is 1. The van der Waals surface area contributed by atoms with Gasteiger partial charge in [-0.2, -0.15) is 0 Å². The summed E-state index contributed by atoms with van der Waals surface area (Å²) < 4.78 is 32.9. The molecule has 1 rings (SSSR count). The van der Waals surface area contributed by atoms with Gasteiger partial charge in [0, 0.05) is 6.61 Å². The summed E-state index contributed by atoms with van der Waals surface area (Å²) in [6, 6.07) is 3.56. The Morgan fingerprint density at radius 1 is 1.17 bits per heavy atom. The highest BCUT2D eigenvalue weighted by Gasteiger charge is 2.39. The second kappa shape index (κ2) is 6.25. The summed E-state index contributed by atoms with van der Waals surface area (Å²) in [5, 5.41) is 10.3. The lowest BCUT2D eigenvalue weighted by Gasteiger charge is -2.36. The number of hydrogen-bond acceptors (Lipinski definition) is 2. The molecule has 0 radical (unpaired) electrons. The molecule has 0 aliphatic rings. The van der Waals surface area contributed by atoms with Crippen molar-refractivity contribution in [1.82, 2.24) is 0 Å². The van der Waals surface area contributed by atoms with Crippen LogP contribution in [0.2, 0.25) is 0 Å². The van der Waals surface area contributed by atoms with Gasteiger partial charge in [-0.1, -0.05) is 19.9 Å². The predicted molar refractivity (Wildman–Crippen MR) is 66.3 cm³/mol. The van der Waals surface area contributed by atoms with Crippen LogP contribution in [0.3, 0.4) is 0 Å². The molecule has 0 amide bonds. The van der Waals surface area contributed by atoms with Crippen LogP contribution >= 0.6 is 0 Å². The Bertz CT molecular complexity index is 369. The Kier molecular flexibility index (Phi) is 5.23. The molecule has 102 valence electrons. The third-order valence-corrected chi connectivity index (χ3v) is 3.40. The van der Waals surface area contributed by atoms with E-state index in [0.29, 0.717) is 19.4 Å². The average molecular weight is 258 g/mol. The fraction of sp³-hybridized carbons (Fsp3) is 0.571. The molecule has 1 unspecified atom stereocenters. The van der Waals surface area contributed by atoms with Crippen molar-refractivity contribution < 1.29 is 18.6 Å². The maximum atomic E-state index is 13.7. The molecule has 1 aromatic carbocycles. The first-order valence-electron chi connectivity index (χ1n) is 6.28. The number of aliphatic hydroxyl groups excluding tert-OH is 1. The Balaban J connectivity index is 3.21. The molecule has 0 aromatic heterocycles. The second-order valence-corrected chi connectivity index (χ2v) is 4.24. The van der Waals surface area contributed by atoms with E-state index in [0.717, 1.165) is 12.1 Å². The second-order valence-electron chi connectivity index (χ2n) is 4.24. The van der Waals surface area contributed by atoms with Crippen LogP contribution in [0.25, 0.3) is 0 Å². The van der Waals surface area contributed by atoms with E-state index in [2.05, 4.69) is 0 Å². The van der Waals surface area contributed by atoms with E-state index in [-0.39, 0.29) is 5.56 Å². The van der Waals surface area contributed by atoms with Gasteiger partial charge < -0.3 is 9.84 Å². The van der Waals surface area contributed by atoms with Crippen molar-refractivity contribution in [2.45, 2.75) is 45.3 Å². The summed E-state index contributed by atoms with van der Waals surface area (Å²) in [6.07, 6.45) is -0.355. The number of hydrogen-bond donors (Lipinski definition) is 1. The lowest BCUT2D eigenvalue weighted by Crippen LogP contribution is -2.39. The molecular weight excluding hydrogens is 238 g/mol. The first-order valence-corrected chi connectivity index (χ1v) is 6.28. The van der Waals surface area contributed by atoms with Gasteiger partial charge in [-0.25, -0.2) is 8.78 Å². The van der Waals surface area contributed by atoms with E-state index in [1.165, 1.54) is 6.07 Å². The lowest BCUT2D eigenvalue weighted by molar-refractivity contribution is -0.129. The summed E-state index contributed by atoms with van der Waals surface area (Å²) in [7, 11) is 0. The van der Waals surface area contributed by atoms with Gasteiger partial charge in [-0.15, -0.1) is 0 Å². The summed E-state index contributed by atoms with van der Waals surface area (Å²) in [4.78, 5) is 0. The molecule has 0 saturated carbocycles. The van der Waals surface area contributed by atoms with Crippen molar-refractivity contribution in [3.63, 3.8) is 0 Å². The summed E-state index contributed by atoms with van der Waals surface area (Å²) in [5.41, 5.74) is -1.26. The van der Waals surface area contributed by atoms with Gasteiger partial charge in [0.05, 0.1) is 11.2 Å². The van der Waals surface area contributed by atoms with Crippen molar-refractivity contribution in [3.05, 3.63) is 35.4 Å². The molecule has 1 atom stereocenters. The summed E-state index contributed by atoms with van der Waals surface area (Å²) >= 11 is 0. The van der Waals surface area contributed by atoms with Crippen LogP contribution in [-0.2, 0) is 4.74 Å². The van der Waals surface area contributed by atoms with Crippen molar-refractivity contribution in [2.75, 3.05) is 6.61 Å². The highest BCUT2D eigenvalue weighted by Crippen LogP contribution is 2.37. The lowest BCUT2D eigenvalue weighted by atomic mass is 9.85. The third-order valence-electron chi connectivity index (χ3n) is 3.40. The highest BCUT2D eigenvalue weighted by atomic mass is 19.1. The quantitative estimate of drug-likeness (QED) is 0.845. The van der Waals surface area contributed by atoms with E-state index in [4.69, 9.17) is 4.74 Å². The molecule has 0 spiro atoms. The van der Waals surface area contributed by atoms with Gasteiger partial charge in [-0.05, 0) is 31.9 Å². The van der Waals surface area contributed by atoms with Gasteiger partial charge in [0.15, 0.2) is 0 Å². The van der Waals surface area contributed by atoms with Gasteiger partial charge in [0.2, 0.25) is 0 Å². The molecule has 18 heavy (non-hydrogen) atoms. The maximum absolute atomic E-state index is 13.7. The molecule has 0 bridgehead atoms. The molecule has 0 fully saturated rings. The minimum atomic E-state index is -1.31. The van der Waals surface area contributed by atoms with Gasteiger partial charge in [0.25, 0.3) is 0 Å². The first-order chi connectivity index (χ1) is 8.52. The average Bonchev–Trinajstić information content (AvgIpc) is 2.35. The molecule has 2 nitrogen and oxygen atoms in total. The number of rotatable bonds is 6. The third kappa shape index (κ3) is 2.70. The smallest absolute Gasteiger partial charge is 0.132 e. The topological polar surface area (TPSA) is 29.5 Å². The fourth-order valence-electron chi connectivity index (χ4n) is 2.24. The largest absolute Gasteiger partial charge is 0.385 e. The zero-order valence-electron chi connectivity index (χ0n) is 11.0. The molecule has 0 heterocycles. The van der Waals surface area contributed by atoms with Crippen molar-refractivity contribution in [1.29, 1.82) is 0 Å². The van der Waals surface area contributed by atoms with Crippen LogP contribution < -0.4 is 0 Å². The Hall–Kier alpha value is -1.00. The summed E-state index contributed by atoms with van der Waals surface area (Å²) in [6.45, 7) is 5.85. The number of aliphatic hydroxyl groups is 1. The Morgan fingerprint density at radius 2 is 1.67 bits per heavy atom. The molecule has 0 aliphatic carbocycles. The minimum absolute atomic E-state index is 0.311. The SMILES string of the molecule is CCOC(CC)(CC)C(O)c1c(F)cccc1F. The standard InChI is InChI=1S/C14H20F2O2/c1-4-14(5-2,18-6-3)13(17)12-10(15)8-7-9-11(12)16/h7-9,13,17H,4-6H2,1-3H3. The van der Waals surface area contributed by atoms with Gasteiger partial charge in [-0.3, -0.25) is 0 Å². The zero-order chi connectivity index (χ0) is 13.8. The normalized spacial score (nSPS) is 13.7. The molecule has 1 aromatic rings. The van der Waals surface area contributed by atoms with Crippen LogP contribution in [0, 0.1) is 11.6 Å². The van der Waals surface area contributed by atoms with Crippen LogP contribution in [-0.4, -0.2) is 17.3 Å². The Labute approximate surface area is 107 Å². The van der Waals surface area contributed by atoms with Crippen LogP contribution in [0.4, 0.5) is 8.78 Å². The summed E-state index contributed by atoms with van der Waals surface area (Å²) in [5.74, 6) is -1.48. The van der Waals surface area contributed by atoms with Crippen LogP contribution in [0.1, 0.15) is 45.3 Å². The van der Waals surface area contributed by atoms with E-state index in [9.17, 15) is 13.9 Å². The number of benzene rings is 1. The van der Waals surface area contributed by atoms with E-state index in [1.54, 1.807) is 6.92 Å². The predicted octanol–water partition coefficient (Wildman–Crippen LogP) is 3.59. The monoisotopic (exact) mass is 258 g/mol. The van der Waals surface area contributed by atoms with E-state index < -0.39 is 23.3 Å². The molecule has 0 aliphatic heterocycles.